The number of nitrogens with zero attached hydrogens (tertiary/aromatic N) is 4. The van der Waals surface area contributed by atoms with Crippen LogP contribution in [0.25, 0.3) is 0 Å². The predicted octanol–water partition coefficient (Wildman–Crippen LogP) is 2.14. The van der Waals surface area contributed by atoms with Crippen LogP contribution in [0.3, 0.4) is 0 Å². The lowest BCUT2D eigenvalue weighted by atomic mass is 9.79. The second-order valence-electron chi connectivity index (χ2n) is 8.72. The molecule has 2 N–H and O–H groups in total. The van der Waals surface area contributed by atoms with Gasteiger partial charge in [-0.2, -0.15) is 0 Å². The fourth-order valence-electron chi connectivity index (χ4n) is 4.88. The Hall–Kier alpha value is -2.31. The van der Waals surface area contributed by atoms with Crippen molar-refractivity contribution in [2.45, 2.75) is 52.0 Å². The molecule has 3 saturated heterocycles. The number of hydrogen-bond acceptors (Lipinski definition) is 4. The number of rotatable bonds is 4. The summed E-state index contributed by atoms with van der Waals surface area (Å²) in [5.41, 5.74) is 1.27. The maximum absolute atomic E-state index is 11.8. The third-order valence-corrected chi connectivity index (χ3v) is 6.39. The molecule has 4 heterocycles. The Morgan fingerprint density at radius 2 is 2.14 bits per heavy atom. The smallest absolute Gasteiger partial charge is 0.220 e. The van der Waals surface area contributed by atoms with Gasteiger partial charge in [-0.3, -0.25) is 4.79 Å². The van der Waals surface area contributed by atoms with Gasteiger partial charge in [0, 0.05) is 57.3 Å². The molecular formula is C22H34N6O. The van der Waals surface area contributed by atoms with Gasteiger partial charge < -0.3 is 20.4 Å². The van der Waals surface area contributed by atoms with Crippen molar-refractivity contribution in [1.82, 2.24) is 20.5 Å². The molecule has 1 spiro atoms. The molecule has 1 amide bonds. The molecule has 1 atom stereocenters. The van der Waals surface area contributed by atoms with Crippen LogP contribution in [0.15, 0.2) is 23.3 Å². The standard InChI is InChI=1S/C22H34N6O/c1-2-23-21(28-12-6-8-22(17-28)14-20(29)26-16-22)25-15-18-7-9-24-19(13-18)27-10-4-3-5-11-27/h7,9,13H,2-6,8,10-12,14-17H2,1H3,(H,23,25)(H,26,29). The van der Waals surface area contributed by atoms with Crippen LogP contribution < -0.4 is 15.5 Å². The number of hydrogen-bond donors (Lipinski definition) is 2. The summed E-state index contributed by atoms with van der Waals surface area (Å²) in [5.74, 6) is 2.23. The van der Waals surface area contributed by atoms with Crippen LogP contribution >= 0.6 is 0 Å². The summed E-state index contributed by atoms with van der Waals surface area (Å²) in [7, 11) is 0. The van der Waals surface area contributed by atoms with Gasteiger partial charge in [0.15, 0.2) is 5.96 Å². The average Bonchev–Trinajstić information content (AvgIpc) is 3.11. The quantitative estimate of drug-likeness (QED) is 0.601. The molecule has 7 nitrogen and oxygen atoms in total. The third-order valence-electron chi connectivity index (χ3n) is 6.39. The lowest BCUT2D eigenvalue weighted by Gasteiger charge is -2.40. The number of carbonyl (C=O) groups excluding carboxylic acids is 1. The molecule has 1 unspecified atom stereocenters. The van der Waals surface area contributed by atoms with E-state index in [1.54, 1.807) is 0 Å². The minimum absolute atomic E-state index is 0.0730. The molecule has 3 fully saturated rings. The van der Waals surface area contributed by atoms with E-state index in [1.807, 2.05) is 6.20 Å². The molecule has 0 aliphatic carbocycles. The van der Waals surface area contributed by atoms with Crippen molar-refractivity contribution in [2.24, 2.45) is 10.4 Å². The van der Waals surface area contributed by atoms with Crippen LogP contribution in [-0.2, 0) is 11.3 Å². The number of aliphatic imine (C=N–C) groups is 1. The maximum atomic E-state index is 11.8. The van der Waals surface area contributed by atoms with Gasteiger partial charge in [-0.25, -0.2) is 9.98 Å². The van der Waals surface area contributed by atoms with Gasteiger partial charge >= 0.3 is 0 Å². The molecule has 0 bridgehead atoms. The van der Waals surface area contributed by atoms with Crippen LogP contribution in [0.4, 0.5) is 5.82 Å². The minimum atomic E-state index is 0.0730. The highest BCUT2D eigenvalue weighted by atomic mass is 16.1. The van der Waals surface area contributed by atoms with Gasteiger partial charge in [0.2, 0.25) is 5.91 Å². The number of likely N-dealkylation sites (tertiary alicyclic amines) is 1. The largest absolute Gasteiger partial charge is 0.357 e. The Bertz CT molecular complexity index is 745. The Morgan fingerprint density at radius 3 is 2.90 bits per heavy atom. The summed E-state index contributed by atoms with van der Waals surface area (Å²) < 4.78 is 0. The monoisotopic (exact) mass is 398 g/mol. The van der Waals surface area contributed by atoms with E-state index >= 15 is 0 Å². The van der Waals surface area contributed by atoms with Gasteiger partial charge in [0.05, 0.1) is 6.54 Å². The van der Waals surface area contributed by atoms with Crippen molar-refractivity contribution in [3.63, 3.8) is 0 Å². The fraction of sp³-hybridized carbons (Fsp3) is 0.682. The number of aromatic nitrogens is 1. The van der Waals surface area contributed by atoms with Gasteiger partial charge in [0.25, 0.3) is 0 Å². The summed E-state index contributed by atoms with van der Waals surface area (Å²) >= 11 is 0. The first-order valence-corrected chi connectivity index (χ1v) is 11.2. The van der Waals surface area contributed by atoms with E-state index in [4.69, 9.17) is 4.99 Å². The average molecular weight is 399 g/mol. The molecule has 0 saturated carbocycles. The zero-order chi connectivity index (χ0) is 20.1. The Morgan fingerprint density at radius 1 is 1.28 bits per heavy atom. The molecule has 0 radical (unpaired) electrons. The second kappa shape index (κ2) is 9.01. The first-order valence-electron chi connectivity index (χ1n) is 11.2. The highest BCUT2D eigenvalue weighted by Gasteiger charge is 2.42. The molecule has 4 rings (SSSR count). The van der Waals surface area contributed by atoms with Crippen LogP contribution in [0, 0.1) is 5.41 Å². The van der Waals surface area contributed by atoms with Gasteiger partial charge in [-0.1, -0.05) is 0 Å². The summed E-state index contributed by atoms with van der Waals surface area (Å²) in [6.45, 7) is 8.49. The van der Waals surface area contributed by atoms with E-state index < -0.39 is 0 Å². The van der Waals surface area contributed by atoms with E-state index in [-0.39, 0.29) is 11.3 Å². The van der Waals surface area contributed by atoms with Crippen molar-refractivity contribution < 1.29 is 4.79 Å². The van der Waals surface area contributed by atoms with E-state index in [2.05, 4.69) is 44.5 Å². The van der Waals surface area contributed by atoms with Gasteiger partial charge in [0.1, 0.15) is 5.82 Å². The number of piperidine rings is 2. The van der Waals surface area contributed by atoms with Crippen molar-refractivity contribution >= 4 is 17.7 Å². The SMILES string of the molecule is CCNC(=NCc1ccnc(N2CCCCC2)c1)N1CCCC2(CNC(=O)C2)C1. The van der Waals surface area contributed by atoms with E-state index in [0.29, 0.717) is 13.0 Å². The second-order valence-corrected chi connectivity index (χ2v) is 8.72. The van der Waals surface area contributed by atoms with Gasteiger partial charge in [-0.05, 0) is 56.7 Å². The zero-order valence-electron chi connectivity index (χ0n) is 17.6. The van der Waals surface area contributed by atoms with Crippen molar-refractivity contribution in [3.05, 3.63) is 23.9 Å². The van der Waals surface area contributed by atoms with Crippen LogP contribution in [0.5, 0.6) is 0 Å². The van der Waals surface area contributed by atoms with Crippen LogP contribution in [0.2, 0.25) is 0 Å². The summed E-state index contributed by atoms with van der Waals surface area (Å²) in [4.78, 5) is 26.1. The number of carbonyl (C=O) groups is 1. The number of anilines is 1. The predicted molar refractivity (Wildman–Crippen MR) is 116 cm³/mol. The molecule has 3 aliphatic heterocycles. The maximum Gasteiger partial charge on any atom is 0.220 e. The zero-order valence-corrected chi connectivity index (χ0v) is 17.6. The number of nitrogens with one attached hydrogen (secondary N) is 2. The number of pyridine rings is 1. The number of amides is 1. The molecule has 29 heavy (non-hydrogen) atoms. The molecule has 1 aromatic heterocycles. The van der Waals surface area contributed by atoms with E-state index in [9.17, 15) is 4.79 Å². The van der Waals surface area contributed by atoms with Crippen molar-refractivity contribution in [3.8, 4) is 0 Å². The van der Waals surface area contributed by atoms with Crippen molar-refractivity contribution in [2.75, 3.05) is 44.2 Å². The molecule has 158 valence electrons. The summed E-state index contributed by atoms with van der Waals surface area (Å²) in [6, 6.07) is 4.26. The normalized spacial score (nSPS) is 25.4. The highest BCUT2D eigenvalue weighted by Crippen LogP contribution is 2.36. The third kappa shape index (κ3) is 4.82. The number of guanidine groups is 1. The topological polar surface area (TPSA) is 72.9 Å². The summed E-state index contributed by atoms with van der Waals surface area (Å²) in [6.07, 6.45) is 8.61. The van der Waals surface area contributed by atoms with Gasteiger partial charge in [-0.15, -0.1) is 0 Å². The minimum Gasteiger partial charge on any atom is -0.357 e. The summed E-state index contributed by atoms with van der Waals surface area (Å²) in [5, 5.41) is 6.49. The van der Waals surface area contributed by atoms with Crippen molar-refractivity contribution in [1.29, 1.82) is 0 Å². The highest BCUT2D eigenvalue weighted by molar-refractivity contribution is 5.81. The molecular weight excluding hydrogens is 364 g/mol. The fourth-order valence-corrected chi connectivity index (χ4v) is 4.88. The Balaban J connectivity index is 1.45. The van der Waals surface area contributed by atoms with Crippen LogP contribution in [0.1, 0.15) is 51.0 Å². The van der Waals surface area contributed by atoms with E-state index in [0.717, 1.165) is 63.9 Å². The lowest BCUT2D eigenvalue weighted by Crippen LogP contribution is -2.51. The molecule has 1 aromatic rings. The lowest BCUT2D eigenvalue weighted by molar-refractivity contribution is -0.119. The molecule has 7 heteroatoms. The Labute approximate surface area is 174 Å². The first-order chi connectivity index (χ1) is 14.2. The van der Waals surface area contributed by atoms with Crippen LogP contribution in [-0.4, -0.2) is 61.0 Å². The molecule has 3 aliphatic rings. The molecule has 0 aromatic carbocycles. The first kappa shape index (κ1) is 20.0. The van der Waals surface area contributed by atoms with E-state index in [1.165, 1.54) is 24.8 Å². The Kier molecular flexibility index (Phi) is 6.21.